The maximum Gasteiger partial charge on any atom is 0.274 e. The van der Waals surface area contributed by atoms with Crippen LogP contribution < -0.4 is 5.56 Å². The molecular weight excluding hydrogens is 306 g/mol. The predicted octanol–water partition coefficient (Wildman–Crippen LogP) is 2.32. The molecule has 2 atom stereocenters. The number of amides is 1. The first kappa shape index (κ1) is 18.6. The van der Waals surface area contributed by atoms with Gasteiger partial charge < -0.3 is 9.64 Å². The third-order valence-corrected chi connectivity index (χ3v) is 5.12. The summed E-state index contributed by atoms with van der Waals surface area (Å²) < 4.78 is 7.26. The van der Waals surface area contributed by atoms with Crippen LogP contribution in [0.5, 0.6) is 0 Å². The molecule has 1 fully saturated rings. The number of hydrogen-bond donors (Lipinski definition) is 0. The summed E-state index contributed by atoms with van der Waals surface area (Å²) in [5, 5.41) is 4.16. The van der Waals surface area contributed by atoms with Gasteiger partial charge >= 0.3 is 0 Å². The van der Waals surface area contributed by atoms with E-state index >= 15 is 0 Å². The summed E-state index contributed by atoms with van der Waals surface area (Å²) in [7, 11) is 1.81. The van der Waals surface area contributed by atoms with Crippen molar-refractivity contribution in [2.24, 2.45) is 5.41 Å². The van der Waals surface area contributed by atoms with Gasteiger partial charge in [-0.15, -0.1) is 0 Å². The summed E-state index contributed by atoms with van der Waals surface area (Å²) in [6, 6.07) is 3.02. The number of nitrogens with zero attached hydrogens (tertiary/aromatic N) is 3. The zero-order valence-corrected chi connectivity index (χ0v) is 15.4. The van der Waals surface area contributed by atoms with Crippen LogP contribution >= 0.6 is 0 Å². The Kier molecular flexibility index (Phi) is 5.80. The van der Waals surface area contributed by atoms with Gasteiger partial charge in [0.2, 0.25) is 0 Å². The average Bonchev–Trinajstić information content (AvgIpc) is 2.56. The fourth-order valence-electron chi connectivity index (χ4n) is 3.29. The Morgan fingerprint density at radius 2 is 2.12 bits per heavy atom. The minimum Gasteiger partial charge on any atom is -0.378 e. The maximum absolute atomic E-state index is 12.7. The van der Waals surface area contributed by atoms with Gasteiger partial charge in [0.15, 0.2) is 0 Å². The summed E-state index contributed by atoms with van der Waals surface area (Å²) in [6.45, 7) is 9.49. The van der Waals surface area contributed by atoms with E-state index in [4.69, 9.17) is 4.74 Å². The molecule has 1 aliphatic rings. The first-order chi connectivity index (χ1) is 11.3. The van der Waals surface area contributed by atoms with E-state index in [0.717, 1.165) is 25.9 Å². The third kappa shape index (κ3) is 3.53. The molecule has 1 aromatic heterocycles. The van der Waals surface area contributed by atoms with Crippen LogP contribution in [-0.2, 0) is 11.3 Å². The molecule has 2 rings (SSSR count). The SMILES string of the molecule is CCCCO[C@H]1C[C@@H](N(C)C(=O)c2ccc(=O)n(CC)n2)C1(C)C. The third-order valence-electron chi connectivity index (χ3n) is 5.12. The number of rotatable bonds is 7. The highest BCUT2D eigenvalue weighted by molar-refractivity contribution is 5.92. The van der Waals surface area contributed by atoms with E-state index in [9.17, 15) is 9.59 Å². The quantitative estimate of drug-likeness (QED) is 0.717. The average molecular weight is 335 g/mol. The van der Waals surface area contributed by atoms with E-state index in [2.05, 4.69) is 25.9 Å². The minimum absolute atomic E-state index is 0.0860. The Morgan fingerprint density at radius 3 is 2.71 bits per heavy atom. The number of hydrogen-bond acceptors (Lipinski definition) is 4. The molecule has 1 aliphatic carbocycles. The van der Waals surface area contributed by atoms with Crippen molar-refractivity contribution >= 4 is 5.91 Å². The number of carbonyl (C=O) groups is 1. The van der Waals surface area contributed by atoms with Gasteiger partial charge in [0.25, 0.3) is 11.5 Å². The Balaban J connectivity index is 2.05. The lowest BCUT2D eigenvalue weighted by molar-refractivity contribution is -0.140. The van der Waals surface area contributed by atoms with Crippen LogP contribution in [0.15, 0.2) is 16.9 Å². The van der Waals surface area contributed by atoms with Crippen LogP contribution in [0.1, 0.15) is 57.4 Å². The fourth-order valence-corrected chi connectivity index (χ4v) is 3.29. The van der Waals surface area contributed by atoms with Gasteiger partial charge in [0.1, 0.15) is 5.69 Å². The second kappa shape index (κ2) is 7.47. The van der Waals surface area contributed by atoms with Crippen LogP contribution in [0.3, 0.4) is 0 Å². The molecule has 0 radical (unpaired) electrons. The lowest BCUT2D eigenvalue weighted by Crippen LogP contribution is -2.62. The summed E-state index contributed by atoms with van der Waals surface area (Å²) in [4.78, 5) is 26.1. The number of aryl methyl sites for hydroxylation is 1. The maximum atomic E-state index is 12.7. The van der Waals surface area contributed by atoms with E-state index in [0.29, 0.717) is 12.2 Å². The Morgan fingerprint density at radius 1 is 1.42 bits per heavy atom. The van der Waals surface area contributed by atoms with E-state index in [1.807, 2.05) is 6.92 Å². The van der Waals surface area contributed by atoms with Crippen molar-refractivity contribution in [2.45, 2.75) is 65.6 Å². The highest BCUT2D eigenvalue weighted by Crippen LogP contribution is 2.45. The summed E-state index contributed by atoms with van der Waals surface area (Å²) in [6.07, 6.45) is 3.20. The molecule has 1 saturated carbocycles. The van der Waals surface area contributed by atoms with E-state index in [1.54, 1.807) is 11.9 Å². The minimum atomic E-state index is -0.190. The zero-order valence-electron chi connectivity index (χ0n) is 15.4. The molecule has 1 aromatic rings. The molecule has 0 N–H and O–H groups in total. The van der Waals surface area contributed by atoms with Crippen LogP contribution in [-0.4, -0.2) is 46.4 Å². The van der Waals surface area contributed by atoms with Crippen molar-refractivity contribution in [1.29, 1.82) is 0 Å². The highest BCUT2D eigenvalue weighted by atomic mass is 16.5. The number of carbonyl (C=O) groups excluding carboxylic acids is 1. The standard InChI is InChI=1S/C18H29N3O3/c1-6-8-11-24-15-12-14(18(15,3)4)20(5)17(23)13-9-10-16(22)21(7-2)19-13/h9-10,14-15H,6-8,11-12H2,1-5H3/t14-,15+/m1/s1. The van der Waals surface area contributed by atoms with Gasteiger partial charge in [-0.1, -0.05) is 27.2 Å². The molecule has 24 heavy (non-hydrogen) atoms. The van der Waals surface area contributed by atoms with Crippen molar-refractivity contribution in [1.82, 2.24) is 14.7 Å². The molecule has 1 heterocycles. The van der Waals surface area contributed by atoms with Crippen molar-refractivity contribution in [3.63, 3.8) is 0 Å². The largest absolute Gasteiger partial charge is 0.378 e. The molecule has 0 spiro atoms. The number of aromatic nitrogens is 2. The fraction of sp³-hybridized carbons (Fsp3) is 0.722. The van der Waals surface area contributed by atoms with Gasteiger partial charge in [-0.3, -0.25) is 9.59 Å². The molecule has 0 aromatic carbocycles. The topological polar surface area (TPSA) is 64.4 Å². The molecule has 134 valence electrons. The van der Waals surface area contributed by atoms with Gasteiger partial charge in [0.05, 0.1) is 6.10 Å². The highest BCUT2D eigenvalue weighted by Gasteiger charge is 2.52. The van der Waals surface area contributed by atoms with Crippen LogP contribution in [0, 0.1) is 5.41 Å². The normalized spacial score (nSPS) is 22.0. The zero-order chi connectivity index (χ0) is 17.9. The van der Waals surface area contributed by atoms with Gasteiger partial charge in [-0.25, -0.2) is 4.68 Å². The molecule has 6 nitrogen and oxygen atoms in total. The van der Waals surface area contributed by atoms with Crippen molar-refractivity contribution < 1.29 is 9.53 Å². The van der Waals surface area contributed by atoms with E-state index in [-0.39, 0.29) is 29.0 Å². The monoisotopic (exact) mass is 335 g/mol. The molecule has 0 aliphatic heterocycles. The van der Waals surface area contributed by atoms with E-state index in [1.165, 1.54) is 16.8 Å². The number of ether oxygens (including phenoxy) is 1. The van der Waals surface area contributed by atoms with Crippen molar-refractivity contribution in [3.8, 4) is 0 Å². The van der Waals surface area contributed by atoms with Crippen LogP contribution in [0.25, 0.3) is 0 Å². The lowest BCUT2D eigenvalue weighted by Gasteiger charge is -2.54. The Bertz CT molecular complexity index is 639. The summed E-state index contributed by atoms with van der Waals surface area (Å²) >= 11 is 0. The smallest absolute Gasteiger partial charge is 0.274 e. The first-order valence-corrected chi connectivity index (χ1v) is 8.79. The first-order valence-electron chi connectivity index (χ1n) is 8.79. The molecule has 0 saturated heterocycles. The van der Waals surface area contributed by atoms with Crippen molar-refractivity contribution in [2.75, 3.05) is 13.7 Å². The second-order valence-electron chi connectivity index (χ2n) is 7.07. The van der Waals surface area contributed by atoms with E-state index < -0.39 is 0 Å². The molecule has 0 bridgehead atoms. The van der Waals surface area contributed by atoms with Gasteiger partial charge in [0, 0.05) is 37.7 Å². The van der Waals surface area contributed by atoms with Crippen LogP contribution in [0.4, 0.5) is 0 Å². The predicted molar refractivity (Wildman–Crippen MR) is 93.1 cm³/mol. The molecule has 6 heteroatoms. The van der Waals surface area contributed by atoms with Crippen LogP contribution in [0.2, 0.25) is 0 Å². The summed E-state index contributed by atoms with van der Waals surface area (Å²) in [5.74, 6) is -0.151. The number of unbranched alkanes of at least 4 members (excludes halogenated alkanes) is 1. The Hall–Kier alpha value is -1.69. The lowest BCUT2D eigenvalue weighted by atomic mass is 9.63. The summed E-state index contributed by atoms with van der Waals surface area (Å²) in [5.41, 5.74) is 0.0346. The molecule has 1 amide bonds. The Labute approximate surface area is 143 Å². The second-order valence-corrected chi connectivity index (χ2v) is 7.07. The molecule has 0 unspecified atom stereocenters. The van der Waals surface area contributed by atoms with Gasteiger partial charge in [-0.2, -0.15) is 5.10 Å². The van der Waals surface area contributed by atoms with Crippen molar-refractivity contribution in [3.05, 3.63) is 28.2 Å². The van der Waals surface area contributed by atoms with Gasteiger partial charge in [-0.05, 0) is 25.8 Å². The molecular formula is C18H29N3O3.